The Balaban J connectivity index is 2.38. The third kappa shape index (κ3) is 1.66. The normalized spacial score (nSPS) is 10.9. The van der Waals surface area contributed by atoms with Gasteiger partial charge in [-0.1, -0.05) is 27.2 Å². The largest absolute Gasteiger partial charge is 0.439 e. The Morgan fingerprint density at radius 1 is 1.29 bits per heavy atom. The molecule has 0 aliphatic heterocycles. The van der Waals surface area contributed by atoms with E-state index in [4.69, 9.17) is 0 Å². The molecule has 0 unspecified atom stereocenters. The number of aromatic nitrogens is 3. The van der Waals surface area contributed by atoms with Crippen LogP contribution in [0.1, 0.15) is 0 Å². The summed E-state index contributed by atoms with van der Waals surface area (Å²) in [5, 5.41) is 4.62. The summed E-state index contributed by atoms with van der Waals surface area (Å²) in [6.07, 6.45) is 1.69. The van der Waals surface area contributed by atoms with Crippen LogP contribution in [0, 0.1) is 0 Å². The third-order valence-corrected chi connectivity index (χ3v) is 3.10. The average Bonchev–Trinajstić information content (AvgIpc) is 2.77. The Bertz CT molecular complexity index is 748. The number of pyridine rings is 1. The molecule has 84 valence electrons. The second kappa shape index (κ2) is 3.81. The molecule has 0 fully saturated rings. The van der Waals surface area contributed by atoms with Gasteiger partial charge in [0, 0.05) is 21.6 Å². The first-order valence-corrected chi connectivity index (χ1v) is 5.64. The first-order valence-electron chi connectivity index (χ1n) is 4.85. The van der Waals surface area contributed by atoms with Gasteiger partial charge in [0.25, 0.3) is 0 Å². The molecule has 6 heteroatoms. The molecule has 0 aliphatic rings. The summed E-state index contributed by atoms with van der Waals surface area (Å²) in [7, 11) is 0. The quantitative estimate of drug-likeness (QED) is 0.747. The first kappa shape index (κ1) is 10.2. The van der Waals surface area contributed by atoms with Gasteiger partial charge in [-0.05, 0) is 18.2 Å². The van der Waals surface area contributed by atoms with Crippen LogP contribution in [0.3, 0.4) is 0 Å². The Kier molecular flexibility index (Phi) is 2.29. The highest BCUT2D eigenvalue weighted by molar-refractivity contribution is 9.10. The van der Waals surface area contributed by atoms with E-state index in [1.165, 1.54) is 0 Å². The molecule has 3 rings (SSSR count). The van der Waals surface area contributed by atoms with Gasteiger partial charge >= 0.3 is 5.76 Å². The van der Waals surface area contributed by atoms with Crippen molar-refractivity contribution in [1.29, 1.82) is 0 Å². The molecule has 0 amide bonds. The van der Waals surface area contributed by atoms with Crippen molar-refractivity contribution < 1.29 is 4.52 Å². The number of H-pyrrole nitrogens is 1. The van der Waals surface area contributed by atoms with Crippen LogP contribution in [-0.2, 0) is 0 Å². The van der Waals surface area contributed by atoms with Crippen molar-refractivity contribution in [2.75, 3.05) is 0 Å². The van der Waals surface area contributed by atoms with Crippen molar-refractivity contribution in [2.45, 2.75) is 0 Å². The molecule has 0 saturated carbocycles. The summed E-state index contributed by atoms with van der Waals surface area (Å²) in [4.78, 5) is 17.8. The topological polar surface area (TPSA) is 71.8 Å². The Labute approximate surface area is 104 Å². The number of nitrogens with one attached hydrogen (secondary N) is 1. The second-order valence-electron chi connectivity index (χ2n) is 3.44. The molecule has 2 aromatic heterocycles. The lowest BCUT2D eigenvalue weighted by atomic mass is 10.1. The van der Waals surface area contributed by atoms with E-state index in [0.717, 1.165) is 20.9 Å². The zero-order valence-electron chi connectivity index (χ0n) is 8.48. The van der Waals surface area contributed by atoms with Gasteiger partial charge in [-0.2, -0.15) is 0 Å². The van der Waals surface area contributed by atoms with Gasteiger partial charge in [0.15, 0.2) is 5.82 Å². The number of aromatic amines is 1. The molecule has 0 saturated heterocycles. The number of halogens is 1. The summed E-state index contributed by atoms with van der Waals surface area (Å²) in [6, 6.07) is 7.50. The highest BCUT2D eigenvalue weighted by atomic mass is 79.9. The van der Waals surface area contributed by atoms with Crippen molar-refractivity contribution in [3.05, 3.63) is 45.5 Å². The molecular weight excluding hydrogens is 286 g/mol. The van der Waals surface area contributed by atoms with Crippen molar-refractivity contribution in [1.82, 2.24) is 15.1 Å². The molecule has 0 aliphatic carbocycles. The summed E-state index contributed by atoms with van der Waals surface area (Å²) >= 11 is 3.45. The van der Waals surface area contributed by atoms with Crippen LogP contribution in [-0.4, -0.2) is 15.1 Å². The average molecular weight is 292 g/mol. The number of fused-ring (bicyclic) bond motifs is 1. The van der Waals surface area contributed by atoms with Crippen LogP contribution in [0.25, 0.3) is 22.3 Å². The lowest BCUT2D eigenvalue weighted by Crippen LogP contribution is -1.95. The van der Waals surface area contributed by atoms with E-state index in [9.17, 15) is 4.79 Å². The molecule has 3 aromatic rings. The molecular formula is C11H6BrN3O2. The predicted octanol–water partition coefficient (Wildman–Crippen LogP) is 2.34. The highest BCUT2D eigenvalue weighted by Gasteiger charge is 2.11. The van der Waals surface area contributed by atoms with Crippen LogP contribution in [0.2, 0.25) is 0 Å². The number of benzene rings is 1. The minimum atomic E-state index is -0.577. The van der Waals surface area contributed by atoms with Gasteiger partial charge in [0.2, 0.25) is 0 Å². The fourth-order valence-electron chi connectivity index (χ4n) is 1.67. The summed E-state index contributed by atoms with van der Waals surface area (Å²) in [5.74, 6) is -0.196. The maximum absolute atomic E-state index is 11.0. The molecule has 5 nitrogen and oxygen atoms in total. The van der Waals surface area contributed by atoms with E-state index < -0.39 is 5.76 Å². The van der Waals surface area contributed by atoms with Crippen molar-refractivity contribution in [3.63, 3.8) is 0 Å². The van der Waals surface area contributed by atoms with E-state index in [0.29, 0.717) is 5.82 Å². The van der Waals surface area contributed by atoms with Crippen LogP contribution in [0.5, 0.6) is 0 Å². The number of rotatable bonds is 1. The molecule has 0 bridgehead atoms. The number of hydrogen-bond donors (Lipinski definition) is 1. The molecule has 0 atom stereocenters. The van der Waals surface area contributed by atoms with Gasteiger partial charge in [-0.25, -0.2) is 4.79 Å². The van der Waals surface area contributed by atoms with Crippen LogP contribution in [0.4, 0.5) is 0 Å². The van der Waals surface area contributed by atoms with Gasteiger partial charge in [-0.15, -0.1) is 0 Å². The van der Waals surface area contributed by atoms with Crippen LogP contribution in [0.15, 0.2) is 44.3 Å². The van der Waals surface area contributed by atoms with Gasteiger partial charge in [0.1, 0.15) is 0 Å². The molecule has 0 spiro atoms. The standard InChI is InChI=1S/C11H6BrN3O2/c12-8-4-3-7(10-14-11(16)17-15-10)9-6(8)2-1-5-13-9/h1-5H,(H,14,15,16). The molecule has 1 aromatic carbocycles. The zero-order chi connectivity index (χ0) is 11.8. The lowest BCUT2D eigenvalue weighted by Gasteiger charge is -2.03. The number of nitrogens with zero attached hydrogens (tertiary/aromatic N) is 2. The van der Waals surface area contributed by atoms with Gasteiger partial charge < -0.3 is 0 Å². The highest BCUT2D eigenvalue weighted by Crippen LogP contribution is 2.29. The summed E-state index contributed by atoms with van der Waals surface area (Å²) < 4.78 is 5.44. The van der Waals surface area contributed by atoms with E-state index in [2.05, 4.69) is 35.6 Å². The monoisotopic (exact) mass is 291 g/mol. The molecule has 0 radical (unpaired) electrons. The van der Waals surface area contributed by atoms with E-state index in [1.54, 1.807) is 6.20 Å². The van der Waals surface area contributed by atoms with Gasteiger partial charge in [0.05, 0.1) is 5.52 Å². The van der Waals surface area contributed by atoms with E-state index in [-0.39, 0.29) is 0 Å². The smallest absolute Gasteiger partial charge is 0.296 e. The third-order valence-electron chi connectivity index (χ3n) is 2.41. The summed E-state index contributed by atoms with van der Waals surface area (Å²) in [5.41, 5.74) is 1.49. The maximum Gasteiger partial charge on any atom is 0.439 e. The van der Waals surface area contributed by atoms with Crippen molar-refractivity contribution in [3.8, 4) is 11.4 Å². The van der Waals surface area contributed by atoms with E-state index >= 15 is 0 Å². The second-order valence-corrected chi connectivity index (χ2v) is 4.29. The molecule has 17 heavy (non-hydrogen) atoms. The molecule has 1 N–H and O–H groups in total. The summed E-state index contributed by atoms with van der Waals surface area (Å²) in [6.45, 7) is 0. The van der Waals surface area contributed by atoms with Crippen LogP contribution < -0.4 is 5.76 Å². The maximum atomic E-state index is 11.0. The Morgan fingerprint density at radius 3 is 2.94 bits per heavy atom. The Morgan fingerprint density at radius 2 is 2.18 bits per heavy atom. The minimum Gasteiger partial charge on any atom is -0.296 e. The van der Waals surface area contributed by atoms with Crippen molar-refractivity contribution >= 4 is 26.8 Å². The minimum absolute atomic E-state index is 0.381. The van der Waals surface area contributed by atoms with Gasteiger partial charge in [-0.3, -0.25) is 14.5 Å². The van der Waals surface area contributed by atoms with Crippen molar-refractivity contribution in [2.24, 2.45) is 0 Å². The lowest BCUT2D eigenvalue weighted by molar-refractivity contribution is 0.388. The SMILES string of the molecule is O=c1[nH]c(-c2ccc(Br)c3cccnc23)no1. The van der Waals surface area contributed by atoms with Crippen LogP contribution >= 0.6 is 15.9 Å². The first-order chi connectivity index (χ1) is 8.25. The fourth-order valence-corrected chi connectivity index (χ4v) is 2.13. The fraction of sp³-hybridized carbons (Fsp3) is 0. The predicted molar refractivity (Wildman–Crippen MR) is 65.6 cm³/mol. The van der Waals surface area contributed by atoms with E-state index in [1.807, 2.05) is 24.3 Å². The molecule has 2 heterocycles. The number of hydrogen-bond acceptors (Lipinski definition) is 4. The zero-order valence-corrected chi connectivity index (χ0v) is 10.1. The Hall–Kier alpha value is -1.95.